The largest absolute Gasteiger partial charge is 0.480 e. The van der Waals surface area contributed by atoms with E-state index in [-0.39, 0.29) is 0 Å². The molecule has 1 fully saturated rings. The Morgan fingerprint density at radius 1 is 1.47 bits per heavy atom. The second-order valence-electron chi connectivity index (χ2n) is 5.18. The molecule has 0 bridgehead atoms. The van der Waals surface area contributed by atoms with Gasteiger partial charge in [-0.1, -0.05) is 19.1 Å². The van der Waals surface area contributed by atoms with E-state index in [4.69, 9.17) is 0 Å². The van der Waals surface area contributed by atoms with Crippen molar-refractivity contribution in [1.29, 1.82) is 0 Å². The Kier molecular flexibility index (Phi) is 3.14. The topological polar surface area (TPSA) is 53.4 Å². The molecular formula is C14H16N2O2S. The van der Waals surface area contributed by atoms with Crippen LogP contribution in [0.3, 0.4) is 0 Å². The Bertz CT molecular complexity index is 610. The molecule has 1 aliphatic rings. The average molecular weight is 276 g/mol. The monoisotopic (exact) mass is 276 g/mol. The fourth-order valence-corrected chi connectivity index (χ4v) is 3.64. The lowest BCUT2D eigenvalue weighted by molar-refractivity contribution is -0.139. The highest BCUT2D eigenvalue weighted by atomic mass is 32.1. The third-order valence-corrected chi connectivity index (χ3v) is 4.69. The van der Waals surface area contributed by atoms with E-state index < -0.39 is 12.0 Å². The quantitative estimate of drug-likeness (QED) is 0.916. The fourth-order valence-electron chi connectivity index (χ4n) is 2.70. The molecule has 100 valence electrons. The van der Waals surface area contributed by atoms with Crippen LogP contribution in [0.4, 0.5) is 5.00 Å². The normalized spacial score (nSPS) is 23.7. The third kappa shape index (κ3) is 2.18. The van der Waals surface area contributed by atoms with E-state index in [1.165, 1.54) is 11.5 Å². The minimum Gasteiger partial charge on any atom is -0.480 e. The second-order valence-corrected chi connectivity index (χ2v) is 5.93. The number of anilines is 1. The van der Waals surface area contributed by atoms with Gasteiger partial charge in [-0.25, -0.2) is 4.79 Å². The Morgan fingerprint density at radius 2 is 2.26 bits per heavy atom. The van der Waals surface area contributed by atoms with E-state index in [1.807, 2.05) is 29.2 Å². The number of carboxylic acid groups (broad SMARTS) is 1. The number of piperidine rings is 1. The fraction of sp³-hybridized carbons (Fsp3) is 0.429. The summed E-state index contributed by atoms with van der Waals surface area (Å²) in [5.41, 5.74) is 0.949. The van der Waals surface area contributed by atoms with Crippen LogP contribution in [0.2, 0.25) is 0 Å². The molecule has 4 nitrogen and oxygen atoms in total. The molecule has 2 aromatic rings. The van der Waals surface area contributed by atoms with Gasteiger partial charge >= 0.3 is 5.97 Å². The predicted molar refractivity (Wildman–Crippen MR) is 76.8 cm³/mol. The summed E-state index contributed by atoms with van der Waals surface area (Å²) >= 11 is 1.40. The van der Waals surface area contributed by atoms with Crippen molar-refractivity contribution in [3.63, 3.8) is 0 Å². The van der Waals surface area contributed by atoms with Gasteiger partial charge in [0.25, 0.3) is 0 Å². The Hall–Kier alpha value is -1.62. The Balaban J connectivity index is 2.02. The van der Waals surface area contributed by atoms with Crippen molar-refractivity contribution in [1.82, 2.24) is 4.37 Å². The average Bonchev–Trinajstić information content (AvgIpc) is 2.82. The van der Waals surface area contributed by atoms with E-state index in [9.17, 15) is 9.90 Å². The lowest BCUT2D eigenvalue weighted by atomic mass is 9.92. The number of benzene rings is 1. The summed E-state index contributed by atoms with van der Waals surface area (Å²) in [5, 5.41) is 11.5. The molecule has 3 rings (SSSR count). The zero-order valence-corrected chi connectivity index (χ0v) is 11.6. The second kappa shape index (κ2) is 4.81. The van der Waals surface area contributed by atoms with Crippen LogP contribution in [-0.4, -0.2) is 28.0 Å². The number of carbonyl (C=O) groups is 1. The first-order chi connectivity index (χ1) is 9.16. The summed E-state index contributed by atoms with van der Waals surface area (Å²) in [6.07, 6.45) is 1.75. The van der Waals surface area contributed by atoms with E-state index in [2.05, 4.69) is 11.3 Å². The number of hydrogen-bond donors (Lipinski definition) is 1. The van der Waals surface area contributed by atoms with Gasteiger partial charge in [-0.05, 0) is 42.4 Å². The van der Waals surface area contributed by atoms with Crippen LogP contribution in [0.15, 0.2) is 24.3 Å². The van der Waals surface area contributed by atoms with Crippen molar-refractivity contribution in [2.45, 2.75) is 25.8 Å². The summed E-state index contributed by atoms with van der Waals surface area (Å²) in [6, 6.07) is 7.50. The van der Waals surface area contributed by atoms with Gasteiger partial charge in [0.2, 0.25) is 0 Å². The number of nitrogens with zero attached hydrogens (tertiary/aromatic N) is 2. The zero-order valence-electron chi connectivity index (χ0n) is 10.7. The van der Waals surface area contributed by atoms with Crippen molar-refractivity contribution in [2.75, 3.05) is 11.4 Å². The molecule has 2 heterocycles. The van der Waals surface area contributed by atoms with Gasteiger partial charge in [-0.15, -0.1) is 0 Å². The molecule has 5 heteroatoms. The summed E-state index contributed by atoms with van der Waals surface area (Å²) < 4.78 is 4.41. The molecule has 1 aromatic heterocycles. The van der Waals surface area contributed by atoms with Crippen LogP contribution in [0, 0.1) is 5.92 Å². The molecule has 2 atom stereocenters. The maximum Gasteiger partial charge on any atom is 0.326 e. The highest BCUT2D eigenvalue weighted by Crippen LogP contribution is 2.36. The van der Waals surface area contributed by atoms with Crippen LogP contribution in [-0.2, 0) is 4.79 Å². The molecule has 1 N–H and O–H groups in total. The van der Waals surface area contributed by atoms with E-state index >= 15 is 0 Å². The van der Waals surface area contributed by atoms with E-state index in [0.717, 1.165) is 28.9 Å². The van der Waals surface area contributed by atoms with Crippen LogP contribution in [0.1, 0.15) is 19.8 Å². The summed E-state index contributed by atoms with van der Waals surface area (Å²) in [6.45, 7) is 2.92. The maximum atomic E-state index is 11.5. The molecular weight excluding hydrogens is 260 g/mol. The molecule has 0 amide bonds. The highest BCUT2D eigenvalue weighted by molar-refractivity contribution is 7.11. The predicted octanol–water partition coefficient (Wildman–Crippen LogP) is 2.99. The van der Waals surface area contributed by atoms with Gasteiger partial charge < -0.3 is 10.0 Å². The number of aliphatic carboxylic acids is 1. The molecule has 0 radical (unpaired) electrons. The summed E-state index contributed by atoms with van der Waals surface area (Å²) in [7, 11) is 0. The van der Waals surface area contributed by atoms with Crippen LogP contribution >= 0.6 is 11.5 Å². The zero-order chi connectivity index (χ0) is 13.4. The standard InChI is InChI=1S/C14H16N2O2S/c1-9-6-7-16(12(8-9)14(17)18)13-10-4-2-3-5-11(10)15-19-13/h2-5,9,12H,6-8H2,1H3,(H,17,18). The lowest BCUT2D eigenvalue weighted by Gasteiger charge is -2.36. The number of carboxylic acids is 1. The number of hydrogen-bond acceptors (Lipinski definition) is 4. The number of fused-ring (bicyclic) bond motifs is 1. The van der Waals surface area contributed by atoms with Gasteiger partial charge in [-0.3, -0.25) is 0 Å². The maximum absolute atomic E-state index is 11.5. The van der Waals surface area contributed by atoms with Gasteiger partial charge in [-0.2, -0.15) is 4.37 Å². The Morgan fingerprint density at radius 3 is 3.05 bits per heavy atom. The lowest BCUT2D eigenvalue weighted by Crippen LogP contribution is -2.46. The number of aromatic nitrogens is 1. The molecule has 0 aliphatic carbocycles. The first kappa shape index (κ1) is 12.4. The van der Waals surface area contributed by atoms with E-state index in [0.29, 0.717) is 12.3 Å². The first-order valence-corrected chi connectivity index (χ1v) is 7.28. The van der Waals surface area contributed by atoms with Crippen LogP contribution in [0.5, 0.6) is 0 Å². The van der Waals surface area contributed by atoms with Gasteiger partial charge in [0.1, 0.15) is 11.0 Å². The minimum absolute atomic E-state index is 0.424. The molecule has 1 aromatic carbocycles. The van der Waals surface area contributed by atoms with Gasteiger partial charge in [0.05, 0.1) is 5.52 Å². The third-order valence-electron chi connectivity index (χ3n) is 3.78. The van der Waals surface area contributed by atoms with Crippen molar-refractivity contribution in [3.05, 3.63) is 24.3 Å². The van der Waals surface area contributed by atoms with E-state index in [1.54, 1.807) is 0 Å². The summed E-state index contributed by atoms with van der Waals surface area (Å²) in [5.74, 6) is -0.263. The van der Waals surface area contributed by atoms with Crippen LogP contribution in [0.25, 0.3) is 10.9 Å². The smallest absolute Gasteiger partial charge is 0.326 e. The SMILES string of the molecule is CC1CCN(c2snc3ccccc23)C(C(=O)O)C1. The minimum atomic E-state index is -0.732. The molecule has 1 saturated heterocycles. The van der Waals surface area contributed by atoms with Crippen molar-refractivity contribution in [2.24, 2.45) is 5.92 Å². The molecule has 0 spiro atoms. The van der Waals surface area contributed by atoms with Crippen LogP contribution < -0.4 is 4.90 Å². The number of rotatable bonds is 2. The summed E-state index contributed by atoms with van der Waals surface area (Å²) in [4.78, 5) is 13.5. The Labute approximate surface area is 115 Å². The molecule has 2 unspecified atom stereocenters. The van der Waals surface area contributed by atoms with Crippen molar-refractivity contribution in [3.8, 4) is 0 Å². The van der Waals surface area contributed by atoms with Crippen molar-refractivity contribution >= 4 is 33.4 Å². The van der Waals surface area contributed by atoms with Gasteiger partial charge in [0.15, 0.2) is 0 Å². The molecule has 0 saturated carbocycles. The molecule has 1 aliphatic heterocycles. The van der Waals surface area contributed by atoms with Crippen molar-refractivity contribution < 1.29 is 9.90 Å². The highest BCUT2D eigenvalue weighted by Gasteiger charge is 2.33. The molecule has 19 heavy (non-hydrogen) atoms. The van der Waals surface area contributed by atoms with Gasteiger partial charge in [0, 0.05) is 11.9 Å². The first-order valence-electron chi connectivity index (χ1n) is 6.50.